The van der Waals surface area contributed by atoms with Gasteiger partial charge in [-0.05, 0) is 42.8 Å². The third-order valence-corrected chi connectivity index (χ3v) is 2.74. The predicted molar refractivity (Wildman–Crippen MR) is 71.3 cm³/mol. The average molecular weight is 295 g/mol. The third kappa shape index (κ3) is 4.05. The van der Waals surface area contributed by atoms with Crippen molar-refractivity contribution in [3.63, 3.8) is 0 Å². The normalized spacial score (nSPS) is 11.2. The molecule has 0 aliphatic rings. The Hall–Kier alpha value is -2.37. The van der Waals surface area contributed by atoms with E-state index in [4.69, 9.17) is 4.74 Å². The van der Waals surface area contributed by atoms with Crippen molar-refractivity contribution in [1.82, 2.24) is 4.98 Å². The quantitative estimate of drug-likeness (QED) is 0.805. The van der Waals surface area contributed by atoms with E-state index in [-0.39, 0.29) is 5.75 Å². The second-order valence-corrected chi connectivity index (χ2v) is 4.46. The molecular formula is C15H12F3NO2. The van der Waals surface area contributed by atoms with Gasteiger partial charge in [-0.3, -0.25) is 9.78 Å². The van der Waals surface area contributed by atoms with E-state index in [0.717, 1.165) is 0 Å². The Morgan fingerprint density at radius 2 is 2.00 bits per heavy atom. The Morgan fingerprint density at radius 3 is 2.62 bits per heavy atom. The molecule has 0 fully saturated rings. The van der Waals surface area contributed by atoms with E-state index >= 15 is 0 Å². The second kappa shape index (κ2) is 5.95. The molecule has 0 atom stereocenters. The fourth-order valence-corrected chi connectivity index (χ4v) is 1.85. The van der Waals surface area contributed by atoms with Crippen molar-refractivity contribution in [3.05, 3.63) is 47.8 Å². The van der Waals surface area contributed by atoms with E-state index in [1.165, 1.54) is 18.2 Å². The topological polar surface area (TPSA) is 39.2 Å². The summed E-state index contributed by atoms with van der Waals surface area (Å²) in [7, 11) is 0. The van der Waals surface area contributed by atoms with Gasteiger partial charge in [-0.1, -0.05) is 0 Å². The molecule has 0 spiro atoms. The fraction of sp³-hybridized carbons (Fsp3) is 0.200. The van der Waals surface area contributed by atoms with Gasteiger partial charge in [0, 0.05) is 23.0 Å². The summed E-state index contributed by atoms with van der Waals surface area (Å²) in [4.78, 5) is 14.9. The first-order chi connectivity index (χ1) is 9.89. The first-order valence-corrected chi connectivity index (χ1v) is 6.11. The molecule has 0 radical (unpaired) electrons. The highest BCUT2D eigenvalue weighted by atomic mass is 19.4. The van der Waals surface area contributed by atoms with Crippen molar-refractivity contribution in [3.8, 4) is 16.9 Å². The SMILES string of the molecule is Cc1cc(-c2cc(C=O)ccc2OCC(F)(F)F)ccn1. The van der Waals surface area contributed by atoms with Crippen LogP contribution in [0.15, 0.2) is 36.5 Å². The molecule has 2 rings (SSSR count). The zero-order valence-corrected chi connectivity index (χ0v) is 11.1. The summed E-state index contributed by atoms with van der Waals surface area (Å²) < 4.78 is 41.7. The third-order valence-electron chi connectivity index (χ3n) is 2.74. The molecule has 0 N–H and O–H groups in total. The summed E-state index contributed by atoms with van der Waals surface area (Å²) in [6.45, 7) is 0.383. The number of hydrogen-bond acceptors (Lipinski definition) is 3. The molecule has 0 unspecified atom stereocenters. The van der Waals surface area contributed by atoms with Gasteiger partial charge in [0.1, 0.15) is 12.0 Å². The number of nitrogens with zero attached hydrogens (tertiary/aromatic N) is 1. The van der Waals surface area contributed by atoms with Gasteiger partial charge in [0.2, 0.25) is 0 Å². The van der Waals surface area contributed by atoms with Gasteiger partial charge in [-0.25, -0.2) is 0 Å². The summed E-state index contributed by atoms with van der Waals surface area (Å²) in [5, 5.41) is 0. The maximum Gasteiger partial charge on any atom is 0.422 e. The molecule has 0 bridgehead atoms. The molecule has 0 aliphatic heterocycles. The zero-order chi connectivity index (χ0) is 15.5. The van der Waals surface area contributed by atoms with E-state index in [2.05, 4.69) is 4.98 Å². The first-order valence-electron chi connectivity index (χ1n) is 6.11. The molecular weight excluding hydrogens is 283 g/mol. The number of carbonyl (C=O) groups is 1. The Kier molecular flexibility index (Phi) is 4.26. The van der Waals surface area contributed by atoms with Gasteiger partial charge in [0.25, 0.3) is 0 Å². The van der Waals surface area contributed by atoms with Gasteiger partial charge in [-0.15, -0.1) is 0 Å². The molecule has 2 aromatic rings. The lowest BCUT2D eigenvalue weighted by atomic mass is 10.0. The second-order valence-electron chi connectivity index (χ2n) is 4.46. The Balaban J connectivity index is 2.43. The number of alkyl halides is 3. The molecule has 0 saturated carbocycles. The van der Waals surface area contributed by atoms with E-state index in [1.54, 1.807) is 25.3 Å². The minimum absolute atomic E-state index is 0.0727. The summed E-state index contributed by atoms with van der Waals surface area (Å²) in [5.41, 5.74) is 2.14. The van der Waals surface area contributed by atoms with Crippen molar-refractivity contribution < 1.29 is 22.7 Å². The standard InChI is InChI=1S/C15H12F3NO2/c1-10-6-12(4-5-19-10)13-7-11(8-20)2-3-14(13)21-9-15(16,17)18/h2-8H,9H2,1H3. The van der Waals surface area contributed by atoms with Gasteiger partial charge >= 0.3 is 6.18 Å². The van der Waals surface area contributed by atoms with Crippen molar-refractivity contribution in [1.29, 1.82) is 0 Å². The molecule has 1 aromatic carbocycles. The summed E-state index contributed by atoms with van der Waals surface area (Å²) >= 11 is 0. The highest BCUT2D eigenvalue weighted by Crippen LogP contribution is 2.32. The number of halogens is 3. The molecule has 1 aromatic heterocycles. The van der Waals surface area contributed by atoms with Crippen LogP contribution in [0.1, 0.15) is 16.1 Å². The van der Waals surface area contributed by atoms with Crippen LogP contribution < -0.4 is 4.74 Å². The number of hydrogen-bond donors (Lipinski definition) is 0. The molecule has 21 heavy (non-hydrogen) atoms. The Morgan fingerprint density at radius 1 is 1.24 bits per heavy atom. The van der Waals surface area contributed by atoms with Crippen LogP contribution in [0.4, 0.5) is 13.2 Å². The molecule has 0 saturated heterocycles. The van der Waals surface area contributed by atoms with Crippen molar-refractivity contribution >= 4 is 6.29 Å². The summed E-state index contributed by atoms with van der Waals surface area (Å²) in [5.74, 6) is 0.0727. The van der Waals surface area contributed by atoms with Gasteiger partial charge in [-0.2, -0.15) is 13.2 Å². The lowest BCUT2D eigenvalue weighted by Crippen LogP contribution is -2.19. The number of aldehydes is 1. The van der Waals surface area contributed by atoms with Gasteiger partial charge < -0.3 is 4.74 Å². The van der Waals surface area contributed by atoms with Crippen LogP contribution in [0.3, 0.4) is 0 Å². The van der Waals surface area contributed by atoms with Crippen LogP contribution in [0.5, 0.6) is 5.75 Å². The maximum atomic E-state index is 12.3. The van der Waals surface area contributed by atoms with Crippen LogP contribution in [-0.4, -0.2) is 24.1 Å². The van der Waals surface area contributed by atoms with Crippen molar-refractivity contribution in [2.24, 2.45) is 0 Å². The van der Waals surface area contributed by atoms with Crippen LogP contribution in [0.2, 0.25) is 0 Å². The van der Waals surface area contributed by atoms with Crippen LogP contribution in [0, 0.1) is 6.92 Å². The molecule has 0 amide bonds. The van der Waals surface area contributed by atoms with Crippen molar-refractivity contribution in [2.75, 3.05) is 6.61 Å². The van der Waals surface area contributed by atoms with Gasteiger partial charge in [0.05, 0.1) is 0 Å². The molecule has 1 heterocycles. The monoisotopic (exact) mass is 295 g/mol. The van der Waals surface area contributed by atoms with Crippen molar-refractivity contribution in [2.45, 2.75) is 13.1 Å². The summed E-state index contributed by atoms with van der Waals surface area (Å²) in [6.07, 6.45) is -2.24. The van der Waals surface area contributed by atoms with E-state index < -0.39 is 12.8 Å². The Bertz CT molecular complexity index is 654. The number of aryl methyl sites for hydroxylation is 1. The smallest absolute Gasteiger partial charge is 0.422 e. The number of rotatable bonds is 4. The van der Waals surface area contributed by atoms with Crippen LogP contribution in [0.25, 0.3) is 11.1 Å². The predicted octanol–water partition coefficient (Wildman–Crippen LogP) is 3.81. The summed E-state index contributed by atoms with van der Waals surface area (Å²) in [6, 6.07) is 7.63. The lowest BCUT2D eigenvalue weighted by molar-refractivity contribution is -0.153. The number of aromatic nitrogens is 1. The number of carbonyl (C=O) groups excluding carboxylic acids is 1. The molecule has 6 heteroatoms. The zero-order valence-electron chi connectivity index (χ0n) is 11.1. The number of ether oxygens (including phenoxy) is 1. The lowest BCUT2D eigenvalue weighted by Gasteiger charge is -2.14. The molecule has 3 nitrogen and oxygen atoms in total. The van der Waals surface area contributed by atoms with Crippen LogP contribution in [-0.2, 0) is 0 Å². The van der Waals surface area contributed by atoms with E-state index in [1.807, 2.05) is 0 Å². The number of benzene rings is 1. The fourth-order valence-electron chi connectivity index (χ4n) is 1.85. The highest BCUT2D eigenvalue weighted by molar-refractivity contribution is 5.81. The van der Waals surface area contributed by atoms with Crippen LogP contribution >= 0.6 is 0 Å². The largest absolute Gasteiger partial charge is 0.483 e. The first kappa shape index (κ1) is 15.0. The maximum absolute atomic E-state index is 12.3. The van der Waals surface area contributed by atoms with Gasteiger partial charge in [0.15, 0.2) is 6.61 Å². The highest BCUT2D eigenvalue weighted by Gasteiger charge is 2.29. The average Bonchev–Trinajstić information content (AvgIpc) is 2.44. The minimum Gasteiger partial charge on any atom is -0.483 e. The van der Waals surface area contributed by atoms with E-state index in [9.17, 15) is 18.0 Å². The van der Waals surface area contributed by atoms with E-state index in [0.29, 0.717) is 28.7 Å². The Labute approximate surface area is 119 Å². The molecule has 0 aliphatic carbocycles. The number of pyridine rings is 1. The molecule has 110 valence electrons. The minimum atomic E-state index is -4.42.